The van der Waals surface area contributed by atoms with Crippen LogP contribution in [-0.4, -0.2) is 87.7 Å². The third kappa shape index (κ3) is 7.93. The van der Waals surface area contributed by atoms with Gasteiger partial charge in [-0.25, -0.2) is 14.8 Å². The second-order valence-corrected chi connectivity index (χ2v) is 10.0. The number of carbonyl (C=O) groups is 3. The third-order valence-corrected chi connectivity index (χ3v) is 6.52. The van der Waals surface area contributed by atoms with Crippen molar-refractivity contribution in [2.75, 3.05) is 38.1 Å². The average molecular weight is 561 g/mol. The van der Waals surface area contributed by atoms with Crippen LogP contribution in [-0.2, 0) is 16.0 Å². The molecule has 2 heterocycles. The highest BCUT2D eigenvalue weighted by atomic mass is 16.6. The van der Waals surface area contributed by atoms with Gasteiger partial charge >= 0.3 is 6.09 Å². The Morgan fingerprint density at radius 2 is 1.61 bits per heavy atom. The van der Waals surface area contributed by atoms with E-state index in [0.717, 1.165) is 11.1 Å². The molecule has 2 aromatic carbocycles. The number of nitrogens with one attached hydrogen (secondary N) is 2. The molecule has 1 aliphatic heterocycles. The highest BCUT2D eigenvalue weighted by Gasteiger charge is 2.31. The zero-order valence-electron chi connectivity index (χ0n) is 23.5. The van der Waals surface area contributed by atoms with Gasteiger partial charge in [-0.05, 0) is 38.5 Å². The molecule has 1 unspecified atom stereocenters. The fourth-order valence-electron chi connectivity index (χ4n) is 4.49. The molecule has 1 aliphatic rings. The third-order valence-electron chi connectivity index (χ3n) is 6.52. The van der Waals surface area contributed by atoms with Crippen molar-refractivity contribution >= 4 is 23.7 Å². The van der Waals surface area contributed by atoms with Crippen molar-refractivity contribution in [3.63, 3.8) is 0 Å². The van der Waals surface area contributed by atoms with E-state index in [0.29, 0.717) is 37.8 Å². The van der Waals surface area contributed by atoms with E-state index >= 15 is 0 Å². The summed E-state index contributed by atoms with van der Waals surface area (Å²) in [6, 6.07) is 16.6. The van der Waals surface area contributed by atoms with E-state index in [1.54, 1.807) is 34.9 Å². The highest BCUT2D eigenvalue weighted by Crippen LogP contribution is 2.19. The maximum absolute atomic E-state index is 13.7. The summed E-state index contributed by atoms with van der Waals surface area (Å²) in [6.07, 6.45) is -0.200. The Hall–Kier alpha value is -4.67. The zero-order valence-corrected chi connectivity index (χ0v) is 23.5. The van der Waals surface area contributed by atoms with Crippen LogP contribution in [0.5, 0.6) is 5.75 Å². The van der Waals surface area contributed by atoms with E-state index in [9.17, 15) is 19.5 Å². The second kappa shape index (κ2) is 13.6. The molecule has 3 amide bonds. The standard InChI is InChI=1S/C30H36N6O5/c1-4-41-30(40)36-16-14-35(15-17-36)29(39)25(18-21-10-12-23(37)13-11-21)33-28(38)24-19-26(31-20(2)3)34-27(32-24)22-8-6-5-7-9-22/h5-13,19-20,25,37H,4,14-18H2,1-3H3,(H,33,38)(H,31,32,34). The van der Waals surface area contributed by atoms with Gasteiger partial charge in [0, 0.05) is 50.3 Å². The SMILES string of the molecule is CCOC(=O)N1CCN(C(=O)C(Cc2ccc(O)cc2)NC(=O)c2cc(NC(C)C)nc(-c3ccccc3)n2)CC1. The van der Waals surface area contributed by atoms with Gasteiger partial charge in [0.25, 0.3) is 5.91 Å². The second-order valence-electron chi connectivity index (χ2n) is 10.0. The molecule has 0 saturated carbocycles. The fourth-order valence-corrected chi connectivity index (χ4v) is 4.49. The molecule has 1 aromatic heterocycles. The molecule has 3 N–H and O–H groups in total. The van der Waals surface area contributed by atoms with Crippen LogP contribution in [0.3, 0.4) is 0 Å². The number of ether oxygens (including phenoxy) is 1. The Morgan fingerprint density at radius 1 is 0.951 bits per heavy atom. The number of nitrogens with zero attached hydrogens (tertiary/aromatic N) is 4. The molecule has 11 heteroatoms. The van der Waals surface area contributed by atoms with E-state index in [1.807, 2.05) is 44.2 Å². The van der Waals surface area contributed by atoms with Crippen molar-refractivity contribution in [3.05, 3.63) is 71.9 Å². The summed E-state index contributed by atoms with van der Waals surface area (Å²) in [6.45, 7) is 7.26. The van der Waals surface area contributed by atoms with Gasteiger partial charge in [0.05, 0.1) is 6.61 Å². The lowest BCUT2D eigenvalue weighted by Crippen LogP contribution is -2.56. The van der Waals surface area contributed by atoms with Crippen molar-refractivity contribution in [1.29, 1.82) is 0 Å². The smallest absolute Gasteiger partial charge is 0.409 e. The molecular weight excluding hydrogens is 524 g/mol. The minimum Gasteiger partial charge on any atom is -0.508 e. The molecule has 0 radical (unpaired) electrons. The molecule has 11 nitrogen and oxygen atoms in total. The molecule has 3 aromatic rings. The van der Waals surface area contributed by atoms with E-state index in [1.165, 1.54) is 12.1 Å². The largest absolute Gasteiger partial charge is 0.508 e. The summed E-state index contributed by atoms with van der Waals surface area (Å²) in [5.41, 5.74) is 1.64. The average Bonchev–Trinajstić information content (AvgIpc) is 2.97. The molecule has 0 aliphatic carbocycles. The van der Waals surface area contributed by atoms with E-state index in [-0.39, 0.29) is 36.4 Å². The molecule has 0 spiro atoms. The Morgan fingerprint density at radius 3 is 2.24 bits per heavy atom. The van der Waals surface area contributed by atoms with Crippen molar-refractivity contribution in [2.45, 2.75) is 39.3 Å². The number of hydrogen-bond donors (Lipinski definition) is 3. The number of aromatic hydroxyl groups is 1. The predicted octanol–water partition coefficient (Wildman–Crippen LogP) is 3.31. The van der Waals surface area contributed by atoms with Crippen molar-refractivity contribution < 1.29 is 24.2 Å². The number of benzene rings is 2. The summed E-state index contributed by atoms with van der Waals surface area (Å²) in [7, 11) is 0. The summed E-state index contributed by atoms with van der Waals surface area (Å²) in [5, 5.41) is 15.8. The summed E-state index contributed by atoms with van der Waals surface area (Å²) in [4.78, 5) is 51.8. The Kier molecular flexibility index (Phi) is 9.73. The number of piperazine rings is 1. The van der Waals surface area contributed by atoms with Gasteiger partial charge in [-0.3, -0.25) is 9.59 Å². The van der Waals surface area contributed by atoms with Gasteiger partial charge < -0.3 is 30.3 Å². The lowest BCUT2D eigenvalue weighted by atomic mass is 10.0. The Bertz CT molecular complexity index is 1340. The maximum atomic E-state index is 13.7. The summed E-state index contributed by atoms with van der Waals surface area (Å²) in [5.74, 6) is 0.204. The van der Waals surface area contributed by atoms with Crippen LogP contribution in [0, 0.1) is 0 Å². The van der Waals surface area contributed by atoms with Crippen LogP contribution in [0.1, 0.15) is 36.8 Å². The predicted molar refractivity (Wildman–Crippen MR) is 154 cm³/mol. The molecule has 216 valence electrons. The molecular formula is C30H36N6O5. The van der Waals surface area contributed by atoms with Gasteiger partial charge in [-0.2, -0.15) is 0 Å². The first kappa shape index (κ1) is 29.3. The van der Waals surface area contributed by atoms with E-state index in [4.69, 9.17) is 4.74 Å². The Balaban J connectivity index is 1.58. The van der Waals surface area contributed by atoms with E-state index < -0.39 is 18.0 Å². The number of carbonyl (C=O) groups excluding carboxylic acids is 3. The normalized spacial score (nSPS) is 14.0. The summed E-state index contributed by atoms with van der Waals surface area (Å²) >= 11 is 0. The summed E-state index contributed by atoms with van der Waals surface area (Å²) < 4.78 is 5.08. The van der Waals surface area contributed by atoms with E-state index in [2.05, 4.69) is 20.6 Å². The van der Waals surface area contributed by atoms with Crippen LogP contribution < -0.4 is 10.6 Å². The number of amides is 3. The number of phenols is 1. The number of anilines is 1. The number of phenolic OH excluding ortho intramolecular Hbond substituents is 1. The molecule has 1 atom stereocenters. The first-order valence-electron chi connectivity index (χ1n) is 13.7. The van der Waals surface area contributed by atoms with Gasteiger partial charge in [0.15, 0.2) is 5.82 Å². The van der Waals surface area contributed by atoms with Gasteiger partial charge in [-0.1, -0.05) is 42.5 Å². The Labute approximate surface area is 239 Å². The van der Waals surface area contributed by atoms with Crippen molar-refractivity contribution in [2.24, 2.45) is 0 Å². The first-order chi connectivity index (χ1) is 19.7. The zero-order chi connectivity index (χ0) is 29.4. The topological polar surface area (TPSA) is 137 Å². The molecule has 0 bridgehead atoms. The van der Waals surface area contributed by atoms with Crippen LogP contribution in [0.4, 0.5) is 10.6 Å². The van der Waals surface area contributed by atoms with Crippen LogP contribution in [0.25, 0.3) is 11.4 Å². The van der Waals surface area contributed by atoms with Gasteiger partial charge in [0.1, 0.15) is 23.3 Å². The monoisotopic (exact) mass is 560 g/mol. The molecule has 1 saturated heterocycles. The lowest BCUT2D eigenvalue weighted by Gasteiger charge is -2.36. The minimum atomic E-state index is -0.905. The highest BCUT2D eigenvalue weighted by molar-refractivity contribution is 5.97. The van der Waals surface area contributed by atoms with Crippen LogP contribution in [0.15, 0.2) is 60.7 Å². The fraction of sp³-hybridized carbons (Fsp3) is 0.367. The first-order valence-corrected chi connectivity index (χ1v) is 13.7. The van der Waals surface area contributed by atoms with Crippen LogP contribution in [0.2, 0.25) is 0 Å². The molecule has 41 heavy (non-hydrogen) atoms. The number of aromatic nitrogens is 2. The van der Waals surface area contributed by atoms with Crippen molar-refractivity contribution in [3.8, 4) is 17.1 Å². The maximum Gasteiger partial charge on any atom is 0.409 e. The van der Waals surface area contributed by atoms with Crippen molar-refractivity contribution in [1.82, 2.24) is 25.1 Å². The lowest BCUT2D eigenvalue weighted by molar-refractivity contribution is -0.134. The molecule has 4 rings (SSSR count). The minimum absolute atomic E-state index is 0.0709. The van der Waals surface area contributed by atoms with Gasteiger partial charge in [0.2, 0.25) is 5.91 Å². The molecule has 1 fully saturated rings. The van der Waals surface area contributed by atoms with Gasteiger partial charge in [-0.15, -0.1) is 0 Å². The number of hydrogen-bond acceptors (Lipinski definition) is 8. The number of rotatable bonds is 9. The quantitative estimate of drug-likeness (QED) is 0.363. The van der Waals surface area contributed by atoms with Crippen LogP contribution >= 0.6 is 0 Å².